The van der Waals surface area contributed by atoms with Crippen LogP contribution in [-0.4, -0.2) is 13.1 Å². The summed E-state index contributed by atoms with van der Waals surface area (Å²) in [7, 11) is 2.00. The number of benzene rings is 1. The molecule has 1 N–H and O–H groups in total. The minimum Gasteiger partial charge on any atom is -0.317 e. The molecule has 2 heteroatoms. The van der Waals surface area contributed by atoms with Crippen molar-refractivity contribution in [2.45, 2.75) is 45.6 Å². The van der Waals surface area contributed by atoms with E-state index in [9.17, 15) is 4.39 Å². The molecule has 0 aromatic heterocycles. The van der Waals surface area contributed by atoms with Gasteiger partial charge in [-0.05, 0) is 62.9 Å². The van der Waals surface area contributed by atoms with Crippen molar-refractivity contribution in [3.8, 4) is 0 Å². The molecule has 1 nitrogen and oxygen atoms in total. The van der Waals surface area contributed by atoms with E-state index in [2.05, 4.69) is 12.2 Å². The first kappa shape index (κ1) is 13.2. The van der Waals surface area contributed by atoms with Gasteiger partial charge in [-0.25, -0.2) is 4.39 Å². The van der Waals surface area contributed by atoms with Gasteiger partial charge in [0.1, 0.15) is 5.82 Å². The van der Waals surface area contributed by atoms with Crippen LogP contribution in [0.4, 0.5) is 4.39 Å². The highest BCUT2D eigenvalue weighted by Gasteiger charge is 2.04. The van der Waals surface area contributed by atoms with Gasteiger partial charge in [-0.1, -0.05) is 13.0 Å². The fraction of sp³-hybridized carbons (Fsp3) is 0.571. The molecule has 0 aliphatic carbocycles. The average molecular weight is 223 g/mol. The maximum Gasteiger partial charge on any atom is 0.123 e. The molecule has 90 valence electrons. The molecule has 0 saturated heterocycles. The minimum atomic E-state index is -0.124. The lowest BCUT2D eigenvalue weighted by Crippen LogP contribution is -2.24. The summed E-state index contributed by atoms with van der Waals surface area (Å²) in [5, 5.41) is 3.29. The number of aryl methyl sites for hydroxylation is 2. The van der Waals surface area contributed by atoms with Crippen molar-refractivity contribution in [2.24, 2.45) is 0 Å². The van der Waals surface area contributed by atoms with Gasteiger partial charge >= 0.3 is 0 Å². The summed E-state index contributed by atoms with van der Waals surface area (Å²) in [5.41, 5.74) is 2.34. The molecule has 0 saturated carbocycles. The normalized spacial score (nSPS) is 12.8. The summed E-state index contributed by atoms with van der Waals surface area (Å²) < 4.78 is 13.1. The van der Waals surface area contributed by atoms with Crippen LogP contribution in [0.2, 0.25) is 0 Å². The molecule has 16 heavy (non-hydrogen) atoms. The second-order valence-corrected chi connectivity index (χ2v) is 4.36. The highest BCUT2D eigenvalue weighted by atomic mass is 19.1. The van der Waals surface area contributed by atoms with E-state index in [1.165, 1.54) is 11.6 Å². The molecule has 0 bridgehead atoms. The number of hydrogen-bond donors (Lipinski definition) is 1. The number of hydrogen-bond acceptors (Lipinski definition) is 1. The first-order valence-electron chi connectivity index (χ1n) is 6.09. The van der Waals surface area contributed by atoms with E-state index in [1.54, 1.807) is 6.07 Å². The highest BCUT2D eigenvalue weighted by molar-refractivity contribution is 5.26. The lowest BCUT2D eigenvalue weighted by Gasteiger charge is -2.13. The van der Waals surface area contributed by atoms with Crippen molar-refractivity contribution in [3.63, 3.8) is 0 Å². The van der Waals surface area contributed by atoms with Crippen molar-refractivity contribution in [1.82, 2.24) is 5.32 Å². The number of nitrogens with one attached hydrogen (secondary N) is 1. The molecule has 1 aromatic carbocycles. The SMILES string of the molecule is CCC(CCCc1cc(F)ccc1C)NC. The smallest absolute Gasteiger partial charge is 0.123 e. The zero-order valence-corrected chi connectivity index (χ0v) is 10.5. The third-order valence-corrected chi connectivity index (χ3v) is 3.21. The Hall–Kier alpha value is -0.890. The standard InChI is InChI=1S/C14H22FN/c1-4-14(16-3)7-5-6-12-10-13(15)9-8-11(12)2/h8-10,14,16H,4-7H2,1-3H3. The fourth-order valence-corrected chi connectivity index (χ4v) is 2.00. The van der Waals surface area contributed by atoms with E-state index in [4.69, 9.17) is 0 Å². The molecule has 1 atom stereocenters. The van der Waals surface area contributed by atoms with Crippen molar-refractivity contribution in [2.75, 3.05) is 7.05 Å². The Balaban J connectivity index is 2.45. The molecule has 0 spiro atoms. The van der Waals surface area contributed by atoms with Crippen LogP contribution < -0.4 is 5.32 Å². The Morgan fingerprint density at radius 3 is 2.75 bits per heavy atom. The minimum absolute atomic E-state index is 0.124. The summed E-state index contributed by atoms with van der Waals surface area (Å²) in [4.78, 5) is 0. The quantitative estimate of drug-likeness (QED) is 0.779. The molecular formula is C14H22FN. The van der Waals surface area contributed by atoms with E-state index < -0.39 is 0 Å². The van der Waals surface area contributed by atoms with Crippen molar-refractivity contribution >= 4 is 0 Å². The number of halogens is 1. The van der Waals surface area contributed by atoms with Gasteiger partial charge in [-0.3, -0.25) is 0 Å². The zero-order valence-electron chi connectivity index (χ0n) is 10.5. The predicted octanol–water partition coefficient (Wildman–Crippen LogP) is 3.45. The van der Waals surface area contributed by atoms with E-state index in [-0.39, 0.29) is 5.82 Å². The third-order valence-electron chi connectivity index (χ3n) is 3.21. The summed E-state index contributed by atoms with van der Waals surface area (Å²) in [6.45, 7) is 4.23. The zero-order chi connectivity index (χ0) is 12.0. The van der Waals surface area contributed by atoms with Crippen LogP contribution in [0.5, 0.6) is 0 Å². The summed E-state index contributed by atoms with van der Waals surface area (Å²) in [6, 6.07) is 5.64. The topological polar surface area (TPSA) is 12.0 Å². The number of rotatable bonds is 6. The summed E-state index contributed by atoms with van der Waals surface area (Å²) >= 11 is 0. The Labute approximate surface area is 98.1 Å². The molecule has 1 aromatic rings. The Kier molecular flexibility index (Phi) is 5.47. The second kappa shape index (κ2) is 6.64. The highest BCUT2D eigenvalue weighted by Crippen LogP contribution is 2.14. The largest absolute Gasteiger partial charge is 0.317 e. The average Bonchev–Trinajstić information content (AvgIpc) is 2.29. The van der Waals surface area contributed by atoms with Gasteiger partial charge < -0.3 is 5.32 Å². The molecular weight excluding hydrogens is 201 g/mol. The molecule has 0 aliphatic rings. The molecule has 1 unspecified atom stereocenters. The van der Waals surface area contributed by atoms with Gasteiger partial charge in [0.25, 0.3) is 0 Å². The third kappa shape index (κ3) is 3.93. The van der Waals surface area contributed by atoms with Crippen molar-refractivity contribution in [1.29, 1.82) is 0 Å². The predicted molar refractivity (Wildman–Crippen MR) is 67.2 cm³/mol. The van der Waals surface area contributed by atoms with Gasteiger partial charge in [-0.15, -0.1) is 0 Å². The van der Waals surface area contributed by atoms with Crippen LogP contribution in [0.15, 0.2) is 18.2 Å². The van der Waals surface area contributed by atoms with E-state index in [0.717, 1.165) is 31.2 Å². The van der Waals surface area contributed by atoms with Crippen LogP contribution in [0, 0.1) is 12.7 Å². The molecule has 0 amide bonds. The maximum atomic E-state index is 13.1. The molecule has 0 radical (unpaired) electrons. The lowest BCUT2D eigenvalue weighted by molar-refractivity contribution is 0.491. The van der Waals surface area contributed by atoms with Crippen molar-refractivity contribution < 1.29 is 4.39 Å². The Morgan fingerprint density at radius 1 is 1.38 bits per heavy atom. The first-order valence-corrected chi connectivity index (χ1v) is 6.09. The van der Waals surface area contributed by atoms with Gasteiger partial charge in [0, 0.05) is 6.04 Å². The van der Waals surface area contributed by atoms with E-state index in [0.29, 0.717) is 6.04 Å². The van der Waals surface area contributed by atoms with Crippen LogP contribution in [0.3, 0.4) is 0 Å². The second-order valence-electron chi connectivity index (χ2n) is 4.36. The molecule has 1 rings (SSSR count). The molecule has 0 aliphatic heterocycles. The van der Waals surface area contributed by atoms with E-state index >= 15 is 0 Å². The van der Waals surface area contributed by atoms with Gasteiger partial charge in [0.05, 0.1) is 0 Å². The van der Waals surface area contributed by atoms with Gasteiger partial charge in [-0.2, -0.15) is 0 Å². The van der Waals surface area contributed by atoms with Crippen LogP contribution in [0.25, 0.3) is 0 Å². The van der Waals surface area contributed by atoms with Gasteiger partial charge in [0.15, 0.2) is 0 Å². The van der Waals surface area contributed by atoms with Crippen LogP contribution >= 0.6 is 0 Å². The van der Waals surface area contributed by atoms with Crippen LogP contribution in [0.1, 0.15) is 37.3 Å². The van der Waals surface area contributed by atoms with Crippen molar-refractivity contribution in [3.05, 3.63) is 35.1 Å². The maximum absolute atomic E-state index is 13.1. The van der Waals surface area contributed by atoms with Gasteiger partial charge in [0.2, 0.25) is 0 Å². The monoisotopic (exact) mass is 223 g/mol. The Bertz CT molecular complexity index is 319. The fourth-order valence-electron chi connectivity index (χ4n) is 2.00. The van der Waals surface area contributed by atoms with Crippen LogP contribution in [-0.2, 0) is 6.42 Å². The van der Waals surface area contributed by atoms with E-state index in [1.807, 2.05) is 20.0 Å². The first-order chi connectivity index (χ1) is 7.67. The lowest BCUT2D eigenvalue weighted by atomic mass is 10.00. The summed E-state index contributed by atoms with van der Waals surface area (Å²) in [6.07, 6.45) is 4.40. The molecule has 0 heterocycles. The molecule has 0 fully saturated rings. The Morgan fingerprint density at radius 2 is 2.12 bits per heavy atom. The summed E-state index contributed by atoms with van der Waals surface area (Å²) in [5.74, 6) is -0.124.